The van der Waals surface area contributed by atoms with Crippen molar-refractivity contribution >= 4 is 0 Å². The van der Waals surface area contributed by atoms with Crippen LogP contribution in [0.2, 0.25) is 0 Å². The predicted molar refractivity (Wildman–Crippen MR) is 86.7 cm³/mol. The molecule has 20 heavy (non-hydrogen) atoms. The van der Waals surface area contributed by atoms with Crippen molar-refractivity contribution in [2.75, 3.05) is 13.1 Å². The zero-order chi connectivity index (χ0) is 14.4. The first-order valence-corrected chi connectivity index (χ1v) is 8.22. The predicted octanol–water partition coefficient (Wildman–Crippen LogP) is 4.34. The summed E-state index contributed by atoms with van der Waals surface area (Å²) in [4.78, 5) is 2.65. The molecule has 1 saturated heterocycles. The molecule has 0 bridgehead atoms. The van der Waals surface area contributed by atoms with Gasteiger partial charge in [0.05, 0.1) is 5.66 Å². The van der Waals surface area contributed by atoms with E-state index in [1.165, 1.54) is 44.2 Å². The van der Waals surface area contributed by atoms with Gasteiger partial charge in [-0.2, -0.15) is 0 Å². The van der Waals surface area contributed by atoms with Crippen LogP contribution in [0.1, 0.15) is 64.5 Å². The first-order valence-electron chi connectivity index (χ1n) is 8.22. The van der Waals surface area contributed by atoms with E-state index in [0.29, 0.717) is 6.04 Å². The highest BCUT2D eigenvalue weighted by atomic mass is 15.3. The number of likely N-dealkylation sites (tertiary alicyclic amines) is 1. The van der Waals surface area contributed by atoms with Crippen LogP contribution in [-0.2, 0) is 0 Å². The third-order valence-electron chi connectivity index (χ3n) is 4.49. The molecule has 1 atom stereocenters. The molecule has 1 heterocycles. The quantitative estimate of drug-likeness (QED) is 0.744. The molecule has 112 valence electrons. The number of hydrogen-bond donors (Lipinski definition) is 1. The Morgan fingerprint density at radius 1 is 1.20 bits per heavy atom. The zero-order valence-corrected chi connectivity index (χ0v) is 13.4. The summed E-state index contributed by atoms with van der Waals surface area (Å²) < 4.78 is 0. The molecule has 1 aromatic carbocycles. The molecular weight excluding hydrogens is 244 g/mol. The van der Waals surface area contributed by atoms with E-state index in [1.807, 2.05) is 0 Å². The van der Waals surface area contributed by atoms with Crippen molar-refractivity contribution in [1.82, 2.24) is 10.2 Å². The molecule has 2 heteroatoms. The second kappa shape index (κ2) is 7.24. The second-order valence-corrected chi connectivity index (χ2v) is 6.46. The molecule has 0 radical (unpaired) electrons. The highest BCUT2D eigenvalue weighted by molar-refractivity contribution is 5.20. The van der Waals surface area contributed by atoms with Gasteiger partial charge in [-0.1, -0.05) is 50.1 Å². The van der Waals surface area contributed by atoms with E-state index in [2.05, 4.69) is 61.3 Å². The lowest BCUT2D eigenvalue weighted by Gasteiger charge is -2.41. The normalized spacial score (nSPS) is 20.4. The molecule has 1 unspecified atom stereocenters. The van der Waals surface area contributed by atoms with Gasteiger partial charge in [-0.25, -0.2) is 0 Å². The number of rotatable bonds is 7. The average molecular weight is 274 g/mol. The molecule has 2 rings (SSSR count). The van der Waals surface area contributed by atoms with Gasteiger partial charge in [-0.05, 0) is 45.2 Å². The summed E-state index contributed by atoms with van der Waals surface area (Å²) in [5, 5.41) is 3.76. The molecule has 0 aliphatic carbocycles. The van der Waals surface area contributed by atoms with E-state index in [1.54, 1.807) is 0 Å². The summed E-state index contributed by atoms with van der Waals surface area (Å²) in [5.74, 6) is 0. The minimum absolute atomic E-state index is 0.0880. The third-order valence-corrected chi connectivity index (χ3v) is 4.49. The molecule has 2 nitrogen and oxygen atoms in total. The zero-order valence-electron chi connectivity index (χ0n) is 13.4. The summed E-state index contributed by atoms with van der Waals surface area (Å²) in [5.41, 5.74) is 1.55. The van der Waals surface area contributed by atoms with Crippen LogP contribution in [0.25, 0.3) is 0 Å². The Kier molecular flexibility index (Phi) is 5.62. The third kappa shape index (κ3) is 3.83. The fourth-order valence-electron chi connectivity index (χ4n) is 3.33. The van der Waals surface area contributed by atoms with Crippen molar-refractivity contribution in [2.24, 2.45) is 0 Å². The van der Waals surface area contributed by atoms with Gasteiger partial charge in [0.25, 0.3) is 0 Å². The van der Waals surface area contributed by atoms with Crippen LogP contribution in [-0.4, -0.2) is 23.7 Å². The fraction of sp³-hybridized carbons (Fsp3) is 0.667. The Morgan fingerprint density at radius 2 is 1.95 bits per heavy atom. The smallest absolute Gasteiger partial charge is 0.0659 e. The first-order chi connectivity index (χ1) is 9.65. The lowest BCUT2D eigenvalue weighted by Crippen LogP contribution is -2.54. The molecule has 1 aliphatic rings. The van der Waals surface area contributed by atoms with Gasteiger partial charge in [-0.3, -0.25) is 10.2 Å². The van der Waals surface area contributed by atoms with Crippen LogP contribution >= 0.6 is 0 Å². The van der Waals surface area contributed by atoms with E-state index in [4.69, 9.17) is 0 Å². The van der Waals surface area contributed by atoms with E-state index < -0.39 is 0 Å². The average Bonchev–Trinajstić information content (AvgIpc) is 2.95. The van der Waals surface area contributed by atoms with Gasteiger partial charge in [0.2, 0.25) is 0 Å². The molecule has 1 fully saturated rings. The Morgan fingerprint density at radius 3 is 2.65 bits per heavy atom. The van der Waals surface area contributed by atoms with Crippen molar-refractivity contribution in [2.45, 2.75) is 64.6 Å². The van der Waals surface area contributed by atoms with Crippen LogP contribution in [0.4, 0.5) is 0 Å². The van der Waals surface area contributed by atoms with Gasteiger partial charge in [0, 0.05) is 12.6 Å². The summed E-state index contributed by atoms with van der Waals surface area (Å²) in [6.07, 6.45) is 6.48. The molecule has 0 aromatic heterocycles. The summed E-state index contributed by atoms with van der Waals surface area (Å²) in [6.45, 7) is 9.25. The maximum absolute atomic E-state index is 3.76. The second-order valence-electron chi connectivity index (χ2n) is 6.46. The van der Waals surface area contributed by atoms with E-state index in [9.17, 15) is 0 Å². The van der Waals surface area contributed by atoms with Crippen molar-refractivity contribution in [1.29, 1.82) is 0 Å². The van der Waals surface area contributed by atoms with Crippen molar-refractivity contribution in [3.63, 3.8) is 0 Å². The lowest BCUT2D eigenvalue weighted by atomic mass is 10.0. The van der Waals surface area contributed by atoms with Crippen molar-refractivity contribution < 1.29 is 0 Å². The Labute approximate surface area is 124 Å². The van der Waals surface area contributed by atoms with Crippen LogP contribution in [0.15, 0.2) is 30.3 Å². The molecule has 1 N–H and O–H groups in total. The standard InChI is InChI=1S/C18H30N2/c1-4-5-9-14-19-18(2,3)20-15-10-13-17(20)16-11-7-6-8-12-16/h6-8,11-12,17,19H,4-5,9-10,13-15H2,1-3H3. The number of benzene rings is 1. The van der Waals surface area contributed by atoms with Crippen LogP contribution < -0.4 is 5.32 Å². The minimum atomic E-state index is 0.0880. The summed E-state index contributed by atoms with van der Waals surface area (Å²) in [6, 6.07) is 11.6. The molecule has 0 spiro atoms. The Hall–Kier alpha value is -0.860. The van der Waals surface area contributed by atoms with Crippen LogP contribution in [0.3, 0.4) is 0 Å². The minimum Gasteiger partial charge on any atom is -0.300 e. The highest BCUT2D eigenvalue weighted by Gasteiger charge is 2.36. The van der Waals surface area contributed by atoms with E-state index in [0.717, 1.165) is 6.54 Å². The fourth-order valence-corrected chi connectivity index (χ4v) is 3.33. The number of unbranched alkanes of at least 4 members (excludes halogenated alkanes) is 2. The SMILES string of the molecule is CCCCCNC(C)(C)N1CCCC1c1ccccc1. The summed E-state index contributed by atoms with van der Waals surface area (Å²) >= 11 is 0. The van der Waals surface area contributed by atoms with Gasteiger partial charge in [-0.15, -0.1) is 0 Å². The monoisotopic (exact) mass is 274 g/mol. The van der Waals surface area contributed by atoms with Crippen molar-refractivity contribution in [3.05, 3.63) is 35.9 Å². The molecule has 1 aliphatic heterocycles. The van der Waals surface area contributed by atoms with Gasteiger partial charge < -0.3 is 0 Å². The maximum Gasteiger partial charge on any atom is 0.0659 e. The maximum atomic E-state index is 3.76. The molecule has 0 saturated carbocycles. The van der Waals surface area contributed by atoms with Crippen LogP contribution in [0.5, 0.6) is 0 Å². The Balaban J connectivity index is 1.98. The first kappa shape index (κ1) is 15.5. The molecule has 0 amide bonds. The largest absolute Gasteiger partial charge is 0.300 e. The van der Waals surface area contributed by atoms with Gasteiger partial charge in [0.15, 0.2) is 0 Å². The van der Waals surface area contributed by atoms with E-state index >= 15 is 0 Å². The Bertz CT molecular complexity index is 386. The molecule has 1 aromatic rings. The number of hydrogen-bond acceptors (Lipinski definition) is 2. The number of nitrogens with zero attached hydrogens (tertiary/aromatic N) is 1. The van der Waals surface area contributed by atoms with Crippen molar-refractivity contribution in [3.8, 4) is 0 Å². The highest BCUT2D eigenvalue weighted by Crippen LogP contribution is 2.36. The topological polar surface area (TPSA) is 15.3 Å². The van der Waals surface area contributed by atoms with Gasteiger partial charge in [0.1, 0.15) is 0 Å². The number of nitrogens with one attached hydrogen (secondary N) is 1. The summed E-state index contributed by atoms with van der Waals surface area (Å²) in [7, 11) is 0. The lowest BCUT2D eigenvalue weighted by molar-refractivity contribution is 0.0730. The van der Waals surface area contributed by atoms with Crippen LogP contribution in [0, 0.1) is 0 Å². The molecular formula is C18H30N2. The van der Waals surface area contributed by atoms with E-state index in [-0.39, 0.29) is 5.66 Å². The van der Waals surface area contributed by atoms with Gasteiger partial charge >= 0.3 is 0 Å².